The molecule has 2 heterocycles. The predicted molar refractivity (Wildman–Crippen MR) is 101 cm³/mol. The van der Waals surface area contributed by atoms with Crippen LogP contribution in [0.2, 0.25) is 0 Å². The average molecular weight is 366 g/mol. The van der Waals surface area contributed by atoms with Crippen molar-refractivity contribution >= 4 is 33.1 Å². The minimum atomic E-state index is -0.392. The predicted octanol–water partition coefficient (Wildman–Crippen LogP) is 4.49. The van der Waals surface area contributed by atoms with E-state index in [4.69, 9.17) is 0 Å². The van der Waals surface area contributed by atoms with E-state index in [1.54, 1.807) is 36.5 Å². The number of nitrogens with one attached hydrogen (secondary N) is 1. The van der Waals surface area contributed by atoms with Crippen LogP contribution in [0.15, 0.2) is 48.7 Å². The lowest BCUT2D eigenvalue weighted by Crippen LogP contribution is -2.13. The molecule has 7 heteroatoms. The van der Waals surface area contributed by atoms with E-state index < -0.39 is 5.82 Å². The summed E-state index contributed by atoms with van der Waals surface area (Å²) < 4.78 is 16.4. The molecule has 0 fully saturated rings. The van der Waals surface area contributed by atoms with Gasteiger partial charge in [0, 0.05) is 5.69 Å². The van der Waals surface area contributed by atoms with Gasteiger partial charge in [-0.25, -0.2) is 14.1 Å². The third-order valence-electron chi connectivity index (χ3n) is 4.09. The number of halogens is 1. The Kier molecular flexibility index (Phi) is 4.00. The molecule has 0 atom stereocenters. The molecule has 2 aromatic carbocycles. The molecular weight excluding hydrogens is 351 g/mol. The fourth-order valence-corrected chi connectivity index (χ4v) is 3.68. The Morgan fingerprint density at radius 2 is 2.00 bits per heavy atom. The minimum absolute atomic E-state index is 0.286. The standard InChI is InChI=1S/C19H15FN4OS/c1-11-14(10-21-24(11)17-6-4-3-5-15(17)20)19(25)23-13-7-8-16-18(9-13)26-12(2)22-16/h3-10H,1-2H3,(H,23,25). The van der Waals surface area contributed by atoms with Gasteiger partial charge in [0.25, 0.3) is 5.91 Å². The van der Waals surface area contributed by atoms with Crippen molar-refractivity contribution in [3.8, 4) is 5.69 Å². The van der Waals surface area contributed by atoms with Crippen LogP contribution in [0, 0.1) is 19.7 Å². The molecule has 4 rings (SSSR count). The number of rotatable bonds is 3. The van der Waals surface area contributed by atoms with E-state index in [2.05, 4.69) is 15.4 Å². The lowest BCUT2D eigenvalue weighted by Gasteiger charge is -2.07. The van der Waals surface area contributed by atoms with Gasteiger partial charge in [-0.2, -0.15) is 5.10 Å². The minimum Gasteiger partial charge on any atom is -0.322 e. The molecule has 0 unspecified atom stereocenters. The third-order valence-corrected chi connectivity index (χ3v) is 5.02. The first-order valence-electron chi connectivity index (χ1n) is 8.01. The second-order valence-electron chi connectivity index (χ2n) is 5.88. The van der Waals surface area contributed by atoms with Crippen molar-refractivity contribution < 1.29 is 9.18 Å². The van der Waals surface area contributed by atoms with E-state index in [0.717, 1.165) is 15.2 Å². The van der Waals surface area contributed by atoms with E-state index in [1.165, 1.54) is 16.9 Å². The van der Waals surface area contributed by atoms with Crippen molar-refractivity contribution in [2.45, 2.75) is 13.8 Å². The van der Waals surface area contributed by atoms with Crippen LogP contribution >= 0.6 is 11.3 Å². The number of para-hydroxylation sites is 1. The van der Waals surface area contributed by atoms with Gasteiger partial charge in [-0.1, -0.05) is 12.1 Å². The molecular formula is C19H15FN4OS. The number of aromatic nitrogens is 3. The first-order chi connectivity index (χ1) is 12.5. The monoisotopic (exact) mass is 366 g/mol. The summed E-state index contributed by atoms with van der Waals surface area (Å²) >= 11 is 1.57. The van der Waals surface area contributed by atoms with E-state index >= 15 is 0 Å². The summed E-state index contributed by atoms with van der Waals surface area (Å²) in [4.78, 5) is 17.0. The highest BCUT2D eigenvalue weighted by Crippen LogP contribution is 2.25. The number of fused-ring (bicyclic) bond motifs is 1. The molecule has 130 valence electrons. The van der Waals surface area contributed by atoms with Gasteiger partial charge in [0.2, 0.25) is 0 Å². The van der Waals surface area contributed by atoms with Crippen molar-refractivity contribution in [3.05, 3.63) is 70.7 Å². The number of aryl methyl sites for hydroxylation is 1. The van der Waals surface area contributed by atoms with Gasteiger partial charge in [-0.15, -0.1) is 11.3 Å². The van der Waals surface area contributed by atoms with Gasteiger partial charge in [-0.05, 0) is 44.2 Å². The topological polar surface area (TPSA) is 59.8 Å². The largest absolute Gasteiger partial charge is 0.322 e. The Bertz CT molecular complexity index is 1130. The zero-order chi connectivity index (χ0) is 18.3. The number of nitrogens with zero attached hydrogens (tertiary/aromatic N) is 3. The fourth-order valence-electron chi connectivity index (χ4n) is 2.81. The van der Waals surface area contributed by atoms with Crippen LogP contribution in [0.4, 0.5) is 10.1 Å². The van der Waals surface area contributed by atoms with Crippen LogP contribution in [0.5, 0.6) is 0 Å². The molecule has 0 spiro atoms. The summed E-state index contributed by atoms with van der Waals surface area (Å²) in [7, 11) is 0. The average Bonchev–Trinajstić information content (AvgIpc) is 3.17. The SMILES string of the molecule is Cc1nc2ccc(NC(=O)c3cnn(-c4ccccc4F)c3C)cc2s1. The van der Waals surface area contributed by atoms with Gasteiger partial charge < -0.3 is 5.32 Å². The molecule has 2 aromatic heterocycles. The van der Waals surface area contributed by atoms with E-state index in [0.29, 0.717) is 22.6 Å². The Hall–Kier alpha value is -3.06. The van der Waals surface area contributed by atoms with Crippen molar-refractivity contribution in [1.82, 2.24) is 14.8 Å². The number of anilines is 1. The Morgan fingerprint density at radius 3 is 2.81 bits per heavy atom. The highest BCUT2D eigenvalue weighted by atomic mass is 32.1. The maximum absolute atomic E-state index is 14.0. The lowest BCUT2D eigenvalue weighted by molar-refractivity contribution is 0.102. The Balaban J connectivity index is 1.63. The molecule has 1 amide bonds. The van der Waals surface area contributed by atoms with Gasteiger partial charge in [0.05, 0.1) is 32.7 Å². The summed E-state index contributed by atoms with van der Waals surface area (Å²) in [6, 6.07) is 11.9. The second-order valence-corrected chi connectivity index (χ2v) is 7.11. The molecule has 0 saturated carbocycles. The number of carbonyl (C=O) groups excluding carboxylic acids is 1. The molecule has 5 nitrogen and oxygen atoms in total. The van der Waals surface area contributed by atoms with E-state index in [9.17, 15) is 9.18 Å². The van der Waals surface area contributed by atoms with E-state index in [-0.39, 0.29) is 5.91 Å². The van der Waals surface area contributed by atoms with Gasteiger partial charge in [0.15, 0.2) is 0 Å². The summed E-state index contributed by atoms with van der Waals surface area (Å²) in [5, 5.41) is 8.02. The van der Waals surface area contributed by atoms with Crippen LogP contribution < -0.4 is 5.32 Å². The second kappa shape index (κ2) is 6.34. The summed E-state index contributed by atoms with van der Waals surface area (Å²) in [6.45, 7) is 3.69. The van der Waals surface area contributed by atoms with Crippen molar-refractivity contribution in [1.29, 1.82) is 0 Å². The normalized spacial score (nSPS) is 11.0. The van der Waals surface area contributed by atoms with Crippen LogP contribution in [-0.2, 0) is 0 Å². The highest BCUT2D eigenvalue weighted by Gasteiger charge is 2.17. The quantitative estimate of drug-likeness (QED) is 0.581. The lowest BCUT2D eigenvalue weighted by atomic mass is 10.2. The number of benzene rings is 2. The van der Waals surface area contributed by atoms with Crippen molar-refractivity contribution in [3.63, 3.8) is 0 Å². The molecule has 4 aromatic rings. The summed E-state index contributed by atoms with van der Waals surface area (Å²) in [5.74, 6) is -0.678. The van der Waals surface area contributed by atoms with Crippen molar-refractivity contribution in [2.75, 3.05) is 5.32 Å². The number of thiazole rings is 1. The molecule has 0 bridgehead atoms. The van der Waals surface area contributed by atoms with Gasteiger partial charge in [-0.3, -0.25) is 4.79 Å². The Labute approximate surface area is 153 Å². The number of hydrogen-bond donors (Lipinski definition) is 1. The highest BCUT2D eigenvalue weighted by molar-refractivity contribution is 7.18. The molecule has 0 aliphatic heterocycles. The van der Waals surface area contributed by atoms with Gasteiger partial charge >= 0.3 is 0 Å². The fraction of sp³-hybridized carbons (Fsp3) is 0.105. The number of hydrogen-bond acceptors (Lipinski definition) is 4. The Morgan fingerprint density at radius 1 is 1.19 bits per heavy atom. The smallest absolute Gasteiger partial charge is 0.259 e. The number of amides is 1. The van der Waals surface area contributed by atoms with Crippen molar-refractivity contribution in [2.24, 2.45) is 0 Å². The van der Waals surface area contributed by atoms with E-state index in [1.807, 2.05) is 25.1 Å². The first-order valence-corrected chi connectivity index (χ1v) is 8.82. The molecule has 0 aliphatic carbocycles. The number of carbonyl (C=O) groups is 1. The summed E-state index contributed by atoms with van der Waals surface area (Å²) in [6.07, 6.45) is 1.45. The molecule has 0 saturated heterocycles. The zero-order valence-electron chi connectivity index (χ0n) is 14.2. The zero-order valence-corrected chi connectivity index (χ0v) is 15.0. The van der Waals surface area contributed by atoms with Crippen LogP contribution in [0.3, 0.4) is 0 Å². The maximum atomic E-state index is 14.0. The van der Waals surface area contributed by atoms with Crippen LogP contribution in [0.25, 0.3) is 15.9 Å². The van der Waals surface area contributed by atoms with Crippen LogP contribution in [0.1, 0.15) is 21.1 Å². The van der Waals surface area contributed by atoms with Crippen LogP contribution in [-0.4, -0.2) is 20.7 Å². The molecule has 26 heavy (non-hydrogen) atoms. The maximum Gasteiger partial charge on any atom is 0.259 e. The van der Waals surface area contributed by atoms with Gasteiger partial charge in [0.1, 0.15) is 11.5 Å². The molecule has 0 radical (unpaired) electrons. The third kappa shape index (κ3) is 2.86. The molecule has 0 aliphatic rings. The first kappa shape index (κ1) is 16.4. The molecule has 1 N–H and O–H groups in total. The summed E-state index contributed by atoms with van der Waals surface area (Å²) in [5.41, 5.74) is 2.87.